The first-order chi connectivity index (χ1) is 10.8. The molecule has 9 heteroatoms. The van der Waals surface area contributed by atoms with E-state index in [1.165, 1.54) is 19.1 Å². The highest BCUT2D eigenvalue weighted by Crippen LogP contribution is 2.28. The number of rotatable bonds is 4. The third-order valence-electron chi connectivity index (χ3n) is 3.11. The fraction of sp³-hybridized carbons (Fsp3) is 0.0714. The number of aryl methyl sites for hydroxylation is 1. The standard InChI is InChI=1S/C14H11N3O6/c1-8-2-3-9(6-12(8)17(22)23)14(19)15-11-7-10(16(20)21)4-5-13(11)18/h2-7,18H,1H3,(H,15,19). The minimum Gasteiger partial charge on any atom is -0.506 e. The van der Waals surface area contributed by atoms with E-state index in [9.17, 15) is 30.1 Å². The summed E-state index contributed by atoms with van der Waals surface area (Å²) in [5.74, 6) is -1.09. The predicted molar refractivity (Wildman–Crippen MR) is 80.5 cm³/mol. The van der Waals surface area contributed by atoms with E-state index >= 15 is 0 Å². The van der Waals surface area contributed by atoms with Crippen molar-refractivity contribution >= 4 is 23.0 Å². The van der Waals surface area contributed by atoms with Gasteiger partial charge in [0.15, 0.2) is 0 Å². The van der Waals surface area contributed by atoms with Crippen molar-refractivity contribution in [3.63, 3.8) is 0 Å². The monoisotopic (exact) mass is 317 g/mol. The number of hydrogen-bond donors (Lipinski definition) is 2. The molecule has 2 aromatic carbocycles. The third-order valence-corrected chi connectivity index (χ3v) is 3.11. The van der Waals surface area contributed by atoms with Crippen LogP contribution in [-0.4, -0.2) is 20.9 Å². The molecule has 0 saturated carbocycles. The quantitative estimate of drug-likeness (QED) is 0.505. The van der Waals surface area contributed by atoms with E-state index in [1.807, 2.05) is 0 Å². The molecule has 0 aliphatic carbocycles. The Labute approximate surface area is 129 Å². The number of carbonyl (C=O) groups is 1. The molecule has 0 heterocycles. The van der Waals surface area contributed by atoms with E-state index in [2.05, 4.69) is 5.32 Å². The van der Waals surface area contributed by atoms with Crippen molar-refractivity contribution in [3.8, 4) is 5.75 Å². The Hall–Kier alpha value is -3.49. The Balaban J connectivity index is 2.33. The maximum atomic E-state index is 12.1. The van der Waals surface area contributed by atoms with Gasteiger partial charge in [-0.05, 0) is 19.1 Å². The van der Waals surface area contributed by atoms with Crippen molar-refractivity contribution in [2.24, 2.45) is 0 Å². The van der Waals surface area contributed by atoms with Crippen molar-refractivity contribution in [2.75, 3.05) is 5.32 Å². The van der Waals surface area contributed by atoms with Gasteiger partial charge in [-0.3, -0.25) is 25.0 Å². The minimum atomic E-state index is -0.733. The summed E-state index contributed by atoms with van der Waals surface area (Å²) in [7, 11) is 0. The van der Waals surface area contributed by atoms with Crippen LogP contribution in [0.5, 0.6) is 5.75 Å². The van der Waals surface area contributed by atoms with E-state index in [1.54, 1.807) is 0 Å². The normalized spacial score (nSPS) is 10.1. The van der Waals surface area contributed by atoms with E-state index in [-0.39, 0.29) is 28.4 Å². The molecule has 2 N–H and O–H groups in total. The zero-order valence-corrected chi connectivity index (χ0v) is 11.8. The second-order valence-electron chi connectivity index (χ2n) is 4.67. The average molecular weight is 317 g/mol. The minimum absolute atomic E-state index is 0.00629. The van der Waals surface area contributed by atoms with Crippen molar-refractivity contribution in [1.82, 2.24) is 0 Å². The number of carbonyl (C=O) groups excluding carboxylic acids is 1. The number of nitro groups is 2. The van der Waals surface area contributed by atoms with Gasteiger partial charge in [-0.2, -0.15) is 0 Å². The van der Waals surface area contributed by atoms with Crippen LogP contribution in [0.25, 0.3) is 0 Å². The van der Waals surface area contributed by atoms with Gasteiger partial charge in [0, 0.05) is 29.3 Å². The Morgan fingerprint density at radius 2 is 1.78 bits per heavy atom. The molecule has 1 amide bonds. The summed E-state index contributed by atoms with van der Waals surface area (Å²) in [5.41, 5.74) is -0.306. The van der Waals surface area contributed by atoms with Crippen molar-refractivity contribution in [3.05, 3.63) is 67.8 Å². The summed E-state index contributed by atoms with van der Waals surface area (Å²) in [6.45, 7) is 1.53. The van der Waals surface area contributed by atoms with Gasteiger partial charge in [-0.15, -0.1) is 0 Å². The molecule has 0 unspecified atom stereocenters. The number of non-ortho nitro benzene ring substituents is 1. The van der Waals surface area contributed by atoms with Crippen LogP contribution < -0.4 is 5.32 Å². The third kappa shape index (κ3) is 3.40. The van der Waals surface area contributed by atoms with Crippen LogP contribution in [0, 0.1) is 27.2 Å². The van der Waals surface area contributed by atoms with Gasteiger partial charge in [0.2, 0.25) is 0 Å². The lowest BCUT2D eigenvalue weighted by Gasteiger charge is -2.07. The largest absolute Gasteiger partial charge is 0.506 e. The molecular formula is C14H11N3O6. The van der Waals surface area contributed by atoms with Crippen LogP contribution in [0.15, 0.2) is 36.4 Å². The molecule has 118 valence electrons. The highest BCUT2D eigenvalue weighted by atomic mass is 16.6. The molecule has 2 aromatic rings. The average Bonchev–Trinajstić information content (AvgIpc) is 2.49. The number of amides is 1. The Morgan fingerprint density at radius 1 is 1.09 bits per heavy atom. The zero-order valence-electron chi connectivity index (χ0n) is 11.8. The lowest BCUT2D eigenvalue weighted by atomic mass is 10.1. The zero-order chi connectivity index (χ0) is 17.1. The first-order valence-corrected chi connectivity index (χ1v) is 6.33. The molecule has 2 rings (SSSR count). The number of anilines is 1. The number of aromatic hydroxyl groups is 1. The highest BCUT2D eigenvalue weighted by Gasteiger charge is 2.17. The van der Waals surface area contributed by atoms with Crippen LogP contribution >= 0.6 is 0 Å². The van der Waals surface area contributed by atoms with E-state index in [0.29, 0.717) is 5.56 Å². The smallest absolute Gasteiger partial charge is 0.273 e. The first kappa shape index (κ1) is 15.9. The predicted octanol–water partition coefficient (Wildman–Crippen LogP) is 2.77. The Morgan fingerprint density at radius 3 is 2.39 bits per heavy atom. The summed E-state index contributed by atoms with van der Waals surface area (Å²) >= 11 is 0. The maximum absolute atomic E-state index is 12.1. The molecule has 0 saturated heterocycles. The SMILES string of the molecule is Cc1ccc(C(=O)Nc2cc([N+](=O)[O-])ccc2O)cc1[N+](=O)[O-]. The number of nitrogens with zero attached hydrogens (tertiary/aromatic N) is 2. The molecule has 0 radical (unpaired) electrons. The maximum Gasteiger partial charge on any atom is 0.273 e. The molecule has 0 spiro atoms. The Bertz CT molecular complexity index is 818. The van der Waals surface area contributed by atoms with Gasteiger partial charge < -0.3 is 10.4 Å². The summed E-state index contributed by atoms with van der Waals surface area (Å²) < 4.78 is 0. The molecule has 23 heavy (non-hydrogen) atoms. The molecule has 0 atom stereocenters. The van der Waals surface area contributed by atoms with Crippen molar-refractivity contribution in [1.29, 1.82) is 0 Å². The van der Waals surface area contributed by atoms with Crippen LogP contribution in [0.2, 0.25) is 0 Å². The number of nitro benzene ring substituents is 2. The van der Waals surface area contributed by atoms with Crippen molar-refractivity contribution < 1.29 is 19.7 Å². The topological polar surface area (TPSA) is 136 Å². The summed E-state index contributed by atoms with van der Waals surface area (Å²) in [6, 6.07) is 7.05. The highest BCUT2D eigenvalue weighted by molar-refractivity contribution is 6.05. The second-order valence-corrected chi connectivity index (χ2v) is 4.67. The number of phenols is 1. The van der Waals surface area contributed by atoms with Gasteiger partial charge >= 0.3 is 0 Å². The second kappa shape index (κ2) is 6.10. The number of hydrogen-bond acceptors (Lipinski definition) is 6. The molecular weight excluding hydrogens is 306 g/mol. The van der Waals surface area contributed by atoms with Gasteiger partial charge in [0.05, 0.1) is 15.5 Å². The number of phenolic OH excluding ortho intramolecular Hbond substituents is 1. The molecule has 9 nitrogen and oxygen atoms in total. The van der Waals surface area contributed by atoms with Gasteiger partial charge in [0.25, 0.3) is 17.3 Å². The summed E-state index contributed by atoms with van der Waals surface area (Å²) in [6.07, 6.45) is 0. The first-order valence-electron chi connectivity index (χ1n) is 6.33. The molecule has 0 aromatic heterocycles. The lowest BCUT2D eigenvalue weighted by molar-refractivity contribution is -0.385. The molecule has 0 bridgehead atoms. The van der Waals surface area contributed by atoms with E-state index in [0.717, 1.165) is 24.3 Å². The Kier molecular flexibility index (Phi) is 4.21. The summed E-state index contributed by atoms with van der Waals surface area (Å²) in [5, 5.41) is 33.5. The van der Waals surface area contributed by atoms with Gasteiger partial charge in [-0.25, -0.2) is 0 Å². The fourth-order valence-electron chi connectivity index (χ4n) is 1.88. The number of nitrogens with one attached hydrogen (secondary N) is 1. The fourth-order valence-corrected chi connectivity index (χ4v) is 1.88. The number of benzene rings is 2. The van der Waals surface area contributed by atoms with Gasteiger partial charge in [0.1, 0.15) is 5.75 Å². The van der Waals surface area contributed by atoms with Crippen LogP contribution in [0.3, 0.4) is 0 Å². The van der Waals surface area contributed by atoms with Crippen LogP contribution in [-0.2, 0) is 0 Å². The van der Waals surface area contributed by atoms with Crippen LogP contribution in [0.4, 0.5) is 17.1 Å². The van der Waals surface area contributed by atoms with E-state index < -0.39 is 15.8 Å². The van der Waals surface area contributed by atoms with Gasteiger partial charge in [-0.1, -0.05) is 6.07 Å². The van der Waals surface area contributed by atoms with Crippen LogP contribution in [0.1, 0.15) is 15.9 Å². The summed E-state index contributed by atoms with van der Waals surface area (Å²) in [4.78, 5) is 32.4. The lowest BCUT2D eigenvalue weighted by Crippen LogP contribution is -2.12. The van der Waals surface area contributed by atoms with E-state index in [4.69, 9.17) is 0 Å². The van der Waals surface area contributed by atoms with Crippen molar-refractivity contribution in [2.45, 2.75) is 6.92 Å². The molecule has 0 aliphatic rings. The molecule has 0 fully saturated rings. The molecule has 0 aliphatic heterocycles.